The maximum absolute atomic E-state index is 5.64. The Bertz CT molecular complexity index is 162. The van der Waals surface area contributed by atoms with Crippen molar-refractivity contribution in [2.24, 2.45) is 17.6 Å². The number of nitrogens with two attached hydrogens (primary N) is 1. The lowest BCUT2D eigenvalue weighted by atomic mass is 9.86. The van der Waals surface area contributed by atoms with Gasteiger partial charge in [-0.2, -0.15) is 0 Å². The molecular formula is C13H28N2. The SMILES string of the molecule is CC(CN)CCN(C)C1CCC(C)CC1. The second-order valence-corrected chi connectivity index (χ2v) is 5.52. The van der Waals surface area contributed by atoms with Gasteiger partial charge in [0.05, 0.1) is 0 Å². The van der Waals surface area contributed by atoms with E-state index in [1.54, 1.807) is 0 Å². The summed E-state index contributed by atoms with van der Waals surface area (Å²) in [6.07, 6.45) is 6.88. The van der Waals surface area contributed by atoms with Gasteiger partial charge in [0.15, 0.2) is 0 Å². The Balaban J connectivity index is 2.19. The first-order chi connectivity index (χ1) is 7.13. The predicted molar refractivity (Wildman–Crippen MR) is 66.9 cm³/mol. The molecule has 1 fully saturated rings. The normalized spacial score (nSPS) is 29.4. The standard InChI is InChI=1S/C13H28N2/c1-11-4-6-13(7-5-11)15(3)9-8-12(2)10-14/h11-13H,4-10,14H2,1-3H3. The fraction of sp³-hybridized carbons (Fsp3) is 1.00. The summed E-state index contributed by atoms with van der Waals surface area (Å²) in [7, 11) is 2.28. The van der Waals surface area contributed by atoms with E-state index < -0.39 is 0 Å². The molecule has 0 aliphatic heterocycles. The smallest absolute Gasteiger partial charge is 0.00924 e. The predicted octanol–water partition coefficient (Wildman–Crippen LogP) is 2.48. The highest BCUT2D eigenvalue weighted by Crippen LogP contribution is 2.26. The van der Waals surface area contributed by atoms with Crippen LogP contribution >= 0.6 is 0 Å². The fourth-order valence-corrected chi connectivity index (χ4v) is 2.41. The molecule has 90 valence electrons. The van der Waals surface area contributed by atoms with E-state index in [2.05, 4.69) is 25.8 Å². The van der Waals surface area contributed by atoms with Crippen LogP contribution in [0.4, 0.5) is 0 Å². The molecule has 0 aromatic rings. The van der Waals surface area contributed by atoms with Gasteiger partial charge in [-0.1, -0.05) is 13.8 Å². The van der Waals surface area contributed by atoms with Crippen LogP contribution < -0.4 is 5.73 Å². The minimum Gasteiger partial charge on any atom is -0.330 e. The van der Waals surface area contributed by atoms with Crippen molar-refractivity contribution in [3.05, 3.63) is 0 Å². The first-order valence-corrected chi connectivity index (χ1v) is 6.53. The monoisotopic (exact) mass is 212 g/mol. The van der Waals surface area contributed by atoms with Crippen molar-refractivity contribution >= 4 is 0 Å². The molecule has 1 aliphatic carbocycles. The Morgan fingerprint density at radius 3 is 2.40 bits per heavy atom. The molecule has 0 radical (unpaired) electrons. The number of nitrogens with zero attached hydrogens (tertiary/aromatic N) is 1. The number of hydrogen-bond donors (Lipinski definition) is 1. The topological polar surface area (TPSA) is 29.3 Å². The molecule has 1 unspecified atom stereocenters. The van der Waals surface area contributed by atoms with Gasteiger partial charge >= 0.3 is 0 Å². The van der Waals surface area contributed by atoms with Crippen LogP contribution in [0, 0.1) is 11.8 Å². The molecule has 0 saturated heterocycles. The van der Waals surface area contributed by atoms with Gasteiger partial charge in [-0.3, -0.25) is 0 Å². The van der Waals surface area contributed by atoms with Crippen LogP contribution in [0.1, 0.15) is 46.0 Å². The highest BCUT2D eigenvalue weighted by atomic mass is 15.1. The summed E-state index contributed by atoms with van der Waals surface area (Å²) in [5, 5.41) is 0. The third-order valence-electron chi connectivity index (χ3n) is 3.99. The molecular weight excluding hydrogens is 184 g/mol. The summed E-state index contributed by atoms with van der Waals surface area (Å²) in [6.45, 7) is 6.68. The molecule has 1 rings (SSSR count). The zero-order chi connectivity index (χ0) is 11.3. The van der Waals surface area contributed by atoms with Crippen molar-refractivity contribution < 1.29 is 0 Å². The third kappa shape index (κ3) is 4.52. The summed E-state index contributed by atoms with van der Waals surface area (Å²) < 4.78 is 0. The van der Waals surface area contributed by atoms with Crippen molar-refractivity contribution in [3.63, 3.8) is 0 Å². The molecule has 0 amide bonds. The van der Waals surface area contributed by atoms with E-state index in [1.807, 2.05) is 0 Å². The van der Waals surface area contributed by atoms with Crippen LogP contribution in [-0.4, -0.2) is 31.1 Å². The van der Waals surface area contributed by atoms with E-state index >= 15 is 0 Å². The lowest BCUT2D eigenvalue weighted by Gasteiger charge is -2.34. The molecule has 0 spiro atoms. The van der Waals surface area contributed by atoms with Gasteiger partial charge in [0.25, 0.3) is 0 Å². The van der Waals surface area contributed by atoms with Crippen LogP contribution in [0.25, 0.3) is 0 Å². The molecule has 1 aliphatic rings. The van der Waals surface area contributed by atoms with Crippen molar-refractivity contribution in [1.29, 1.82) is 0 Å². The summed E-state index contributed by atoms with van der Waals surface area (Å²) >= 11 is 0. The van der Waals surface area contributed by atoms with Crippen molar-refractivity contribution in [3.8, 4) is 0 Å². The Morgan fingerprint density at radius 2 is 1.87 bits per heavy atom. The van der Waals surface area contributed by atoms with Gasteiger partial charge in [-0.05, 0) is 64.1 Å². The Morgan fingerprint density at radius 1 is 1.27 bits per heavy atom. The molecule has 15 heavy (non-hydrogen) atoms. The Hall–Kier alpha value is -0.0800. The number of hydrogen-bond acceptors (Lipinski definition) is 2. The molecule has 2 heteroatoms. The van der Waals surface area contributed by atoms with E-state index in [0.29, 0.717) is 5.92 Å². The summed E-state index contributed by atoms with van der Waals surface area (Å²) in [5.41, 5.74) is 5.64. The molecule has 1 saturated carbocycles. The average molecular weight is 212 g/mol. The van der Waals surface area contributed by atoms with Crippen LogP contribution in [0.3, 0.4) is 0 Å². The maximum Gasteiger partial charge on any atom is 0.00924 e. The lowest BCUT2D eigenvalue weighted by molar-refractivity contribution is 0.163. The minimum absolute atomic E-state index is 0.676. The maximum atomic E-state index is 5.64. The second kappa shape index (κ2) is 6.49. The molecule has 0 bridgehead atoms. The molecule has 0 aromatic heterocycles. The van der Waals surface area contributed by atoms with Crippen LogP contribution in [0.15, 0.2) is 0 Å². The van der Waals surface area contributed by atoms with Crippen LogP contribution in [0.2, 0.25) is 0 Å². The lowest BCUT2D eigenvalue weighted by Crippen LogP contribution is -2.36. The van der Waals surface area contributed by atoms with E-state index in [1.165, 1.54) is 38.6 Å². The van der Waals surface area contributed by atoms with Crippen molar-refractivity contribution in [1.82, 2.24) is 4.90 Å². The van der Waals surface area contributed by atoms with Crippen LogP contribution in [0.5, 0.6) is 0 Å². The largest absolute Gasteiger partial charge is 0.330 e. The summed E-state index contributed by atoms with van der Waals surface area (Å²) in [6, 6.07) is 0.839. The Labute approximate surface area is 95.2 Å². The fourth-order valence-electron chi connectivity index (χ4n) is 2.41. The van der Waals surface area contributed by atoms with Gasteiger partial charge in [0.1, 0.15) is 0 Å². The summed E-state index contributed by atoms with van der Waals surface area (Å²) in [4.78, 5) is 2.55. The van der Waals surface area contributed by atoms with Gasteiger partial charge < -0.3 is 10.6 Å². The van der Waals surface area contributed by atoms with E-state index in [0.717, 1.165) is 18.5 Å². The summed E-state index contributed by atoms with van der Waals surface area (Å²) in [5.74, 6) is 1.63. The average Bonchev–Trinajstić information content (AvgIpc) is 2.26. The van der Waals surface area contributed by atoms with Gasteiger partial charge in [0.2, 0.25) is 0 Å². The first-order valence-electron chi connectivity index (χ1n) is 6.53. The van der Waals surface area contributed by atoms with Gasteiger partial charge in [-0.25, -0.2) is 0 Å². The van der Waals surface area contributed by atoms with E-state index in [4.69, 9.17) is 5.73 Å². The molecule has 1 atom stereocenters. The Kier molecular flexibility index (Phi) is 5.62. The molecule has 2 N–H and O–H groups in total. The molecule has 0 aromatic carbocycles. The van der Waals surface area contributed by atoms with Gasteiger partial charge in [-0.15, -0.1) is 0 Å². The van der Waals surface area contributed by atoms with Crippen LogP contribution in [-0.2, 0) is 0 Å². The van der Waals surface area contributed by atoms with Crippen molar-refractivity contribution in [2.75, 3.05) is 20.1 Å². The molecule has 2 nitrogen and oxygen atoms in total. The van der Waals surface area contributed by atoms with Crippen molar-refractivity contribution in [2.45, 2.75) is 52.0 Å². The van der Waals surface area contributed by atoms with E-state index in [9.17, 15) is 0 Å². The molecule has 0 heterocycles. The minimum atomic E-state index is 0.676. The highest BCUT2D eigenvalue weighted by molar-refractivity contribution is 4.76. The quantitative estimate of drug-likeness (QED) is 0.758. The zero-order valence-electron chi connectivity index (χ0n) is 10.7. The van der Waals surface area contributed by atoms with E-state index in [-0.39, 0.29) is 0 Å². The second-order valence-electron chi connectivity index (χ2n) is 5.52. The number of rotatable bonds is 5. The van der Waals surface area contributed by atoms with Gasteiger partial charge in [0, 0.05) is 6.04 Å². The zero-order valence-corrected chi connectivity index (χ0v) is 10.7. The third-order valence-corrected chi connectivity index (χ3v) is 3.99. The highest BCUT2D eigenvalue weighted by Gasteiger charge is 2.21. The first kappa shape index (κ1) is 13.0.